The maximum atomic E-state index is 13.4. The van der Waals surface area contributed by atoms with Gasteiger partial charge in [-0.2, -0.15) is 0 Å². The largest absolute Gasteiger partial charge is 0.493 e. The van der Waals surface area contributed by atoms with Crippen LogP contribution in [0.15, 0.2) is 72.8 Å². The molecule has 5 aromatic rings. The molecule has 13 heteroatoms. The number of Topliss-reactive ketones (excluding diaryl/α,β-unsaturated/α-hetero) is 1. The number of nitrogens with zero attached hydrogens (tertiary/aromatic N) is 5. The van der Waals surface area contributed by atoms with Gasteiger partial charge in [0, 0.05) is 25.7 Å². The molecule has 0 saturated heterocycles. The van der Waals surface area contributed by atoms with Gasteiger partial charge in [-0.05, 0) is 77.2 Å². The molecule has 0 spiro atoms. The zero-order chi connectivity index (χ0) is 35.5. The van der Waals surface area contributed by atoms with Crippen molar-refractivity contribution >= 4 is 17.4 Å². The molecule has 1 unspecified atom stereocenters. The smallest absolute Gasteiger partial charge is 0.265 e. The van der Waals surface area contributed by atoms with Crippen molar-refractivity contribution in [2.24, 2.45) is 0 Å². The first-order valence-electron chi connectivity index (χ1n) is 16.6. The number of aromatic nitrogens is 4. The van der Waals surface area contributed by atoms with Crippen LogP contribution in [0.3, 0.4) is 0 Å². The monoisotopic (exact) mass is 690 g/mol. The van der Waals surface area contributed by atoms with Crippen molar-refractivity contribution < 1.29 is 33.3 Å². The minimum atomic E-state index is -1.02. The first-order valence-corrected chi connectivity index (χ1v) is 16.6. The number of nitrogens with one attached hydrogen (secondary N) is 1. The van der Waals surface area contributed by atoms with Gasteiger partial charge in [-0.3, -0.25) is 14.5 Å². The number of ketones is 1. The molecule has 1 N–H and O–H groups in total. The van der Waals surface area contributed by atoms with Crippen molar-refractivity contribution in [3.63, 3.8) is 0 Å². The molecule has 1 aromatic heterocycles. The van der Waals surface area contributed by atoms with Gasteiger partial charge in [-0.1, -0.05) is 24.3 Å². The number of tetrazole rings is 1. The van der Waals surface area contributed by atoms with Crippen LogP contribution in [0.5, 0.6) is 28.7 Å². The summed E-state index contributed by atoms with van der Waals surface area (Å²) < 4.78 is 27.9. The second-order valence-corrected chi connectivity index (χ2v) is 12.3. The third-order valence-electron chi connectivity index (χ3n) is 9.24. The number of anilines is 1. The quantitative estimate of drug-likeness (QED) is 0.202. The second-order valence-electron chi connectivity index (χ2n) is 12.3. The molecule has 2 aliphatic rings. The molecule has 262 valence electrons. The van der Waals surface area contributed by atoms with Crippen molar-refractivity contribution in [2.45, 2.75) is 31.9 Å². The lowest BCUT2D eigenvalue weighted by Crippen LogP contribution is -2.38. The van der Waals surface area contributed by atoms with Crippen molar-refractivity contribution in [2.75, 3.05) is 46.8 Å². The highest BCUT2D eigenvalue weighted by molar-refractivity contribution is 6.06. The lowest BCUT2D eigenvalue weighted by atomic mass is 9.98. The summed E-state index contributed by atoms with van der Waals surface area (Å²) >= 11 is 0. The van der Waals surface area contributed by atoms with E-state index >= 15 is 0 Å². The van der Waals surface area contributed by atoms with Crippen LogP contribution in [0.4, 0.5) is 5.69 Å². The van der Waals surface area contributed by atoms with E-state index in [2.05, 4.69) is 49.9 Å². The fraction of sp³-hybridized carbons (Fsp3) is 0.289. The van der Waals surface area contributed by atoms with Gasteiger partial charge in [-0.15, -0.1) is 15.0 Å². The Morgan fingerprint density at radius 1 is 0.863 bits per heavy atom. The molecule has 0 saturated carbocycles. The van der Waals surface area contributed by atoms with Gasteiger partial charge in [0.2, 0.25) is 5.82 Å². The summed E-state index contributed by atoms with van der Waals surface area (Å²) in [5, 5.41) is 16.1. The number of hydrogen-bond acceptors (Lipinski definition) is 11. The number of amides is 1. The molecular weight excluding hydrogens is 652 g/mol. The molecule has 1 atom stereocenters. The lowest BCUT2D eigenvalue weighted by Gasteiger charge is -2.29. The minimum absolute atomic E-state index is 0.0905. The molecule has 0 fully saturated rings. The summed E-state index contributed by atoms with van der Waals surface area (Å²) in [6.45, 7) is 2.75. The molecule has 0 bridgehead atoms. The van der Waals surface area contributed by atoms with Crippen LogP contribution < -0.4 is 29.0 Å². The third-order valence-corrected chi connectivity index (χ3v) is 9.24. The molecule has 3 heterocycles. The zero-order valence-corrected chi connectivity index (χ0v) is 28.8. The number of methoxy groups -OCH3 is 4. The van der Waals surface area contributed by atoms with Crippen LogP contribution in [-0.2, 0) is 24.2 Å². The van der Waals surface area contributed by atoms with Gasteiger partial charge in [0.25, 0.3) is 5.91 Å². The Bertz CT molecular complexity index is 2080. The maximum Gasteiger partial charge on any atom is 0.265 e. The normalized spacial score (nSPS) is 15.3. The number of hydrogen-bond donors (Lipinski definition) is 1. The van der Waals surface area contributed by atoms with E-state index in [-0.39, 0.29) is 18.0 Å². The first-order chi connectivity index (χ1) is 24.9. The number of carbonyl (C=O) groups is 2. The van der Waals surface area contributed by atoms with Crippen LogP contribution in [0, 0.1) is 0 Å². The van der Waals surface area contributed by atoms with Gasteiger partial charge in [0.05, 0.1) is 57.4 Å². The first kappa shape index (κ1) is 33.5. The van der Waals surface area contributed by atoms with Crippen molar-refractivity contribution in [3.05, 3.63) is 95.1 Å². The van der Waals surface area contributed by atoms with Crippen LogP contribution in [0.2, 0.25) is 0 Å². The molecule has 51 heavy (non-hydrogen) atoms. The van der Waals surface area contributed by atoms with Crippen LogP contribution >= 0.6 is 0 Å². The van der Waals surface area contributed by atoms with Crippen LogP contribution in [0.1, 0.15) is 33.5 Å². The molecule has 0 aliphatic carbocycles. The Kier molecular flexibility index (Phi) is 9.53. The average Bonchev–Trinajstić information content (AvgIpc) is 3.66. The Hall–Kier alpha value is -5.95. The summed E-state index contributed by atoms with van der Waals surface area (Å²) in [5.74, 6) is 2.29. The van der Waals surface area contributed by atoms with E-state index in [1.54, 1.807) is 50.6 Å². The summed E-state index contributed by atoms with van der Waals surface area (Å²) in [5.41, 5.74) is 5.74. The van der Waals surface area contributed by atoms with E-state index in [4.69, 9.17) is 23.7 Å². The molecule has 1 amide bonds. The highest BCUT2D eigenvalue weighted by atomic mass is 16.5. The van der Waals surface area contributed by atoms with E-state index < -0.39 is 12.0 Å². The molecule has 0 radical (unpaired) electrons. The Morgan fingerprint density at radius 3 is 2.29 bits per heavy atom. The Labute approximate surface area is 295 Å². The van der Waals surface area contributed by atoms with Crippen LogP contribution in [0.25, 0.3) is 17.1 Å². The summed E-state index contributed by atoms with van der Waals surface area (Å²) in [6.07, 6.45) is 0.736. The molecular formula is C38H38N6O7. The number of rotatable bonds is 11. The number of carbonyl (C=O) groups excluding carboxylic acids is 2. The minimum Gasteiger partial charge on any atom is -0.493 e. The predicted octanol–water partition coefficient (Wildman–Crippen LogP) is 4.94. The van der Waals surface area contributed by atoms with Crippen LogP contribution in [-0.4, -0.2) is 84.4 Å². The summed E-state index contributed by atoms with van der Waals surface area (Å²) in [4.78, 5) is 30.1. The van der Waals surface area contributed by atoms with Crippen molar-refractivity contribution in [1.82, 2.24) is 25.1 Å². The Balaban J connectivity index is 1.05. The van der Waals surface area contributed by atoms with E-state index in [1.165, 1.54) is 35.7 Å². The number of para-hydroxylation sites is 1. The van der Waals surface area contributed by atoms with Gasteiger partial charge < -0.3 is 29.0 Å². The standard InChI is InChI=1S/C38H38N6O7/c1-47-32-17-24-14-16-43(22-25(24)18-33(32)48-2)15-13-23-9-11-26(12-10-23)44-41-37(40-42-44)28-19-34(49-3)35(50-4)20-29(28)39-38(46)36-21-30(45)27-7-5-6-8-31(27)51-36/h5-12,17-20,36H,13-16,21-22H2,1-4H3,(H,39,46). The van der Waals surface area contributed by atoms with Gasteiger partial charge in [0.15, 0.2) is 34.9 Å². The Morgan fingerprint density at radius 2 is 1.55 bits per heavy atom. The highest BCUT2D eigenvalue weighted by Crippen LogP contribution is 2.38. The van der Waals surface area contributed by atoms with E-state index in [9.17, 15) is 9.59 Å². The molecule has 7 rings (SSSR count). The van der Waals surface area contributed by atoms with Gasteiger partial charge in [-0.25, -0.2) is 0 Å². The van der Waals surface area contributed by atoms with Crippen molar-refractivity contribution in [1.29, 1.82) is 0 Å². The number of ether oxygens (including phenoxy) is 5. The fourth-order valence-electron chi connectivity index (χ4n) is 6.45. The van der Waals surface area contributed by atoms with E-state index in [1.807, 2.05) is 12.1 Å². The maximum absolute atomic E-state index is 13.4. The summed E-state index contributed by atoms with van der Waals surface area (Å²) in [6, 6.07) is 22.4. The highest BCUT2D eigenvalue weighted by Gasteiger charge is 2.32. The fourth-order valence-corrected chi connectivity index (χ4v) is 6.45. The topological polar surface area (TPSA) is 139 Å². The molecule has 4 aromatic carbocycles. The van der Waals surface area contributed by atoms with E-state index in [0.29, 0.717) is 34.1 Å². The summed E-state index contributed by atoms with van der Waals surface area (Å²) in [7, 11) is 6.35. The SMILES string of the molecule is COc1cc2c(cc1OC)CN(CCc1ccc(-n3nnc(-c4cc(OC)c(OC)cc4NC(=O)C4CC(=O)c5ccccc5O4)n3)cc1)CC2. The lowest BCUT2D eigenvalue weighted by molar-refractivity contribution is -0.122. The second kappa shape index (κ2) is 14.5. The third kappa shape index (κ3) is 6.93. The zero-order valence-electron chi connectivity index (χ0n) is 28.8. The predicted molar refractivity (Wildman–Crippen MR) is 188 cm³/mol. The van der Waals surface area contributed by atoms with Gasteiger partial charge >= 0.3 is 0 Å². The molecule has 2 aliphatic heterocycles. The number of fused-ring (bicyclic) bond motifs is 2. The average molecular weight is 691 g/mol. The van der Waals surface area contributed by atoms with Gasteiger partial charge in [0.1, 0.15) is 5.75 Å². The van der Waals surface area contributed by atoms with E-state index in [0.717, 1.165) is 49.7 Å². The number of benzene rings is 4. The molecule has 13 nitrogen and oxygen atoms in total. The van der Waals surface area contributed by atoms with Crippen molar-refractivity contribution in [3.8, 4) is 45.8 Å².